The predicted molar refractivity (Wildman–Crippen MR) is 75.3 cm³/mol. The second-order valence-electron chi connectivity index (χ2n) is 4.66. The number of piperidine rings is 1. The van der Waals surface area contributed by atoms with Crippen LogP contribution in [0.25, 0.3) is 0 Å². The number of halogens is 1. The summed E-state index contributed by atoms with van der Waals surface area (Å²) in [4.78, 5) is 6.65. The Morgan fingerprint density at radius 1 is 1.50 bits per heavy atom. The minimum atomic E-state index is 0.257. The van der Waals surface area contributed by atoms with Crippen molar-refractivity contribution in [2.45, 2.75) is 25.0 Å². The molecule has 4 nitrogen and oxygen atoms in total. The van der Waals surface area contributed by atoms with Gasteiger partial charge in [0.05, 0.1) is 6.10 Å². The summed E-state index contributed by atoms with van der Waals surface area (Å²) in [6.07, 6.45) is 6.27. The molecule has 0 amide bonds. The zero-order valence-electron chi connectivity index (χ0n) is 10.7. The highest BCUT2D eigenvalue weighted by atomic mass is 79.9. The number of ether oxygens (including phenoxy) is 1. The van der Waals surface area contributed by atoms with Crippen LogP contribution in [0.15, 0.2) is 22.9 Å². The van der Waals surface area contributed by atoms with E-state index in [1.54, 1.807) is 13.3 Å². The van der Waals surface area contributed by atoms with Gasteiger partial charge in [-0.05, 0) is 40.4 Å². The van der Waals surface area contributed by atoms with Crippen LogP contribution in [-0.4, -0.2) is 42.7 Å². The van der Waals surface area contributed by atoms with Gasteiger partial charge in [-0.3, -0.25) is 9.88 Å². The van der Waals surface area contributed by atoms with Crippen molar-refractivity contribution in [1.82, 2.24) is 9.88 Å². The molecule has 18 heavy (non-hydrogen) atoms. The molecule has 1 saturated heterocycles. The van der Waals surface area contributed by atoms with E-state index in [1.165, 1.54) is 5.56 Å². The van der Waals surface area contributed by atoms with Crippen LogP contribution in [0.5, 0.6) is 0 Å². The summed E-state index contributed by atoms with van der Waals surface area (Å²) in [6.45, 7) is 2.69. The lowest BCUT2D eigenvalue weighted by atomic mass is 10.0. The fourth-order valence-corrected chi connectivity index (χ4v) is 2.91. The molecule has 5 heteroatoms. The van der Waals surface area contributed by atoms with E-state index in [9.17, 15) is 0 Å². The Morgan fingerprint density at radius 3 is 2.78 bits per heavy atom. The lowest BCUT2D eigenvalue weighted by molar-refractivity contribution is 0.0280. The van der Waals surface area contributed by atoms with Crippen LogP contribution in [0, 0.1) is 0 Å². The third-order valence-corrected chi connectivity index (χ3v) is 4.02. The molecule has 0 bridgehead atoms. The Bertz CT molecular complexity index is 380. The second kappa shape index (κ2) is 6.61. The van der Waals surface area contributed by atoms with Crippen LogP contribution in [0.2, 0.25) is 0 Å². The highest BCUT2D eigenvalue weighted by Crippen LogP contribution is 2.25. The van der Waals surface area contributed by atoms with Crippen LogP contribution < -0.4 is 5.73 Å². The van der Waals surface area contributed by atoms with Crippen LogP contribution in [0.1, 0.15) is 24.4 Å². The Labute approximate surface area is 117 Å². The zero-order valence-corrected chi connectivity index (χ0v) is 12.3. The van der Waals surface area contributed by atoms with Crippen molar-refractivity contribution in [3.63, 3.8) is 0 Å². The van der Waals surface area contributed by atoms with Gasteiger partial charge in [-0.15, -0.1) is 0 Å². The molecule has 0 radical (unpaired) electrons. The number of rotatable bonds is 4. The van der Waals surface area contributed by atoms with Crippen LogP contribution in [0.4, 0.5) is 0 Å². The van der Waals surface area contributed by atoms with Gasteiger partial charge in [0.2, 0.25) is 0 Å². The maximum atomic E-state index is 5.94. The fourth-order valence-electron chi connectivity index (χ4n) is 2.53. The molecule has 1 unspecified atom stereocenters. The van der Waals surface area contributed by atoms with Crippen molar-refractivity contribution < 1.29 is 4.74 Å². The molecule has 100 valence electrons. The first-order valence-corrected chi connectivity index (χ1v) is 7.11. The second-order valence-corrected chi connectivity index (χ2v) is 5.57. The average molecular weight is 314 g/mol. The lowest BCUT2D eigenvalue weighted by Gasteiger charge is -2.36. The van der Waals surface area contributed by atoms with Crippen molar-refractivity contribution in [2.24, 2.45) is 5.73 Å². The Morgan fingerprint density at radius 2 is 2.22 bits per heavy atom. The number of nitrogens with two attached hydrogens (primary N) is 1. The van der Waals surface area contributed by atoms with Crippen LogP contribution in [0.3, 0.4) is 0 Å². The minimum absolute atomic E-state index is 0.257. The van der Waals surface area contributed by atoms with Crippen LogP contribution in [-0.2, 0) is 4.74 Å². The molecular weight excluding hydrogens is 294 g/mol. The first-order chi connectivity index (χ1) is 8.74. The number of aromatic nitrogens is 1. The molecule has 1 aromatic rings. The third-order valence-electron chi connectivity index (χ3n) is 3.58. The molecule has 0 aromatic carbocycles. The minimum Gasteiger partial charge on any atom is -0.381 e. The number of pyridine rings is 1. The van der Waals surface area contributed by atoms with Gasteiger partial charge in [-0.25, -0.2) is 0 Å². The monoisotopic (exact) mass is 313 g/mol. The molecule has 0 aliphatic carbocycles. The van der Waals surface area contributed by atoms with E-state index in [0.29, 0.717) is 12.6 Å². The van der Waals surface area contributed by atoms with E-state index in [1.807, 2.05) is 6.20 Å². The first-order valence-electron chi connectivity index (χ1n) is 6.32. The average Bonchev–Trinajstić information content (AvgIpc) is 2.40. The molecule has 1 aromatic heterocycles. The summed E-state index contributed by atoms with van der Waals surface area (Å²) in [5.41, 5.74) is 7.12. The van der Waals surface area contributed by atoms with Gasteiger partial charge in [-0.2, -0.15) is 0 Å². The van der Waals surface area contributed by atoms with Crippen molar-refractivity contribution in [3.05, 3.63) is 28.5 Å². The van der Waals surface area contributed by atoms with Gasteiger partial charge >= 0.3 is 0 Å². The van der Waals surface area contributed by atoms with Crippen LogP contribution >= 0.6 is 15.9 Å². The number of likely N-dealkylation sites (tertiary alicyclic amines) is 1. The van der Waals surface area contributed by atoms with Crippen molar-refractivity contribution in [2.75, 3.05) is 26.7 Å². The molecule has 2 N–H and O–H groups in total. The van der Waals surface area contributed by atoms with E-state index in [2.05, 4.69) is 31.9 Å². The Kier molecular flexibility index (Phi) is 5.12. The van der Waals surface area contributed by atoms with Crippen molar-refractivity contribution >= 4 is 15.9 Å². The summed E-state index contributed by atoms with van der Waals surface area (Å²) in [5.74, 6) is 0. The molecule has 2 heterocycles. The SMILES string of the molecule is COC1CCN(C(CN)c2cncc(Br)c2)CC1. The molecule has 1 fully saturated rings. The lowest BCUT2D eigenvalue weighted by Crippen LogP contribution is -2.41. The number of hydrogen-bond acceptors (Lipinski definition) is 4. The maximum absolute atomic E-state index is 5.94. The van der Waals surface area contributed by atoms with E-state index in [-0.39, 0.29) is 6.04 Å². The number of hydrogen-bond donors (Lipinski definition) is 1. The topological polar surface area (TPSA) is 51.4 Å². The van der Waals surface area contributed by atoms with Gasteiger partial charge in [0.15, 0.2) is 0 Å². The molecule has 1 atom stereocenters. The Balaban J connectivity index is 2.05. The van der Waals surface area contributed by atoms with Gasteiger partial charge in [0, 0.05) is 49.7 Å². The standard InChI is InChI=1S/C13H20BrN3O/c1-18-12-2-4-17(5-3-12)13(7-15)10-6-11(14)9-16-8-10/h6,8-9,12-13H,2-5,7,15H2,1H3. The molecule has 1 aliphatic heterocycles. The highest BCUT2D eigenvalue weighted by molar-refractivity contribution is 9.10. The molecule has 0 spiro atoms. The Hall–Kier alpha value is -0.490. The summed E-state index contributed by atoms with van der Waals surface area (Å²) < 4.78 is 6.40. The molecule has 2 rings (SSSR count). The fraction of sp³-hybridized carbons (Fsp3) is 0.615. The summed E-state index contributed by atoms with van der Waals surface area (Å²) in [5, 5.41) is 0. The van der Waals surface area contributed by atoms with Gasteiger partial charge in [-0.1, -0.05) is 0 Å². The molecule has 0 saturated carbocycles. The largest absolute Gasteiger partial charge is 0.381 e. The van der Waals surface area contributed by atoms with Crippen molar-refractivity contribution in [1.29, 1.82) is 0 Å². The number of methoxy groups -OCH3 is 1. The zero-order chi connectivity index (χ0) is 13.0. The molecular formula is C13H20BrN3O. The maximum Gasteiger partial charge on any atom is 0.0595 e. The first kappa shape index (κ1) is 13.9. The highest BCUT2D eigenvalue weighted by Gasteiger charge is 2.25. The van der Waals surface area contributed by atoms with Gasteiger partial charge in [0.1, 0.15) is 0 Å². The van der Waals surface area contributed by atoms with E-state index in [0.717, 1.165) is 30.4 Å². The van der Waals surface area contributed by atoms with E-state index >= 15 is 0 Å². The van der Waals surface area contributed by atoms with E-state index < -0.39 is 0 Å². The summed E-state index contributed by atoms with van der Waals surface area (Å²) in [6, 6.07) is 2.36. The van der Waals surface area contributed by atoms with E-state index in [4.69, 9.17) is 10.5 Å². The smallest absolute Gasteiger partial charge is 0.0595 e. The quantitative estimate of drug-likeness (QED) is 0.923. The summed E-state index contributed by atoms with van der Waals surface area (Å²) in [7, 11) is 1.79. The molecule has 1 aliphatic rings. The number of nitrogens with zero attached hydrogens (tertiary/aromatic N) is 2. The normalized spacial score (nSPS) is 19.9. The predicted octanol–water partition coefficient (Wildman–Crippen LogP) is 1.95. The van der Waals surface area contributed by atoms with Crippen molar-refractivity contribution in [3.8, 4) is 0 Å². The summed E-state index contributed by atoms with van der Waals surface area (Å²) >= 11 is 3.46. The van der Waals surface area contributed by atoms with Gasteiger partial charge in [0.25, 0.3) is 0 Å². The third kappa shape index (κ3) is 3.29. The van der Waals surface area contributed by atoms with Gasteiger partial charge < -0.3 is 10.5 Å².